The molecule has 1 saturated heterocycles. The first-order valence-electron chi connectivity index (χ1n) is 3.76. The highest BCUT2D eigenvalue weighted by Gasteiger charge is 2.41. The smallest absolute Gasteiger partial charge is 0.113 e. The van der Waals surface area contributed by atoms with Crippen LogP contribution in [-0.2, 0) is 9.47 Å². The Morgan fingerprint density at radius 1 is 1.67 bits per heavy atom. The van der Waals surface area contributed by atoms with Crippen LogP contribution < -0.4 is 0 Å². The van der Waals surface area contributed by atoms with E-state index in [0.717, 1.165) is 0 Å². The van der Waals surface area contributed by atoms with Gasteiger partial charge in [0, 0.05) is 20.9 Å². The van der Waals surface area contributed by atoms with Gasteiger partial charge in [0.05, 0.1) is 13.8 Å². The highest BCUT2D eigenvalue weighted by atomic mass is 16.6. The molecule has 1 fully saturated rings. The Balaban J connectivity index is 2.58. The lowest BCUT2D eigenvalue weighted by Crippen LogP contribution is -2.37. The van der Waals surface area contributed by atoms with Crippen molar-refractivity contribution in [2.45, 2.75) is 24.3 Å². The average molecular weight is 169 g/mol. The van der Waals surface area contributed by atoms with Gasteiger partial charge < -0.3 is 19.7 Å². The summed E-state index contributed by atoms with van der Waals surface area (Å²) in [5.41, 5.74) is 0. The monoisotopic (exact) mass is 169 g/mol. The van der Waals surface area contributed by atoms with E-state index in [-0.39, 0.29) is 6.61 Å². The van der Waals surface area contributed by atoms with Crippen LogP contribution in [0.3, 0.4) is 0 Å². The van der Waals surface area contributed by atoms with Crippen LogP contribution in [0.2, 0.25) is 0 Å². The molecule has 0 amide bonds. The molecule has 0 bridgehead atoms. The van der Waals surface area contributed by atoms with E-state index < -0.39 is 24.3 Å². The Morgan fingerprint density at radius 2 is 2.33 bits per heavy atom. The summed E-state index contributed by atoms with van der Waals surface area (Å²) in [7, 11) is 7.92. The predicted octanol–water partition coefficient (Wildman–Crippen LogP) is -2.13. The molecule has 2 N–H and O–H groups in total. The standard InChI is InChI=1S/C6H11B2O4/c1-11-5-3(2-9)12-6(8-7)4(5)10/h3-6,9-10H,2H2,1H3/t3-,4?,5+,6-/m1/s1. The molecule has 4 nitrogen and oxygen atoms in total. The molecule has 6 heteroatoms. The summed E-state index contributed by atoms with van der Waals surface area (Å²) < 4.78 is 10.1. The zero-order valence-electron chi connectivity index (χ0n) is 6.88. The molecule has 0 saturated carbocycles. The largest absolute Gasteiger partial charge is 0.394 e. The van der Waals surface area contributed by atoms with Crippen molar-refractivity contribution >= 4 is 14.9 Å². The molecule has 1 unspecified atom stereocenters. The molecule has 1 aliphatic rings. The summed E-state index contributed by atoms with van der Waals surface area (Å²) in [5.74, 6) is 0. The summed E-state index contributed by atoms with van der Waals surface area (Å²) in [5, 5.41) is 18.3. The van der Waals surface area contributed by atoms with E-state index >= 15 is 0 Å². The lowest BCUT2D eigenvalue weighted by molar-refractivity contribution is -0.0317. The van der Waals surface area contributed by atoms with Crippen molar-refractivity contribution in [3.63, 3.8) is 0 Å². The van der Waals surface area contributed by atoms with Crippen LogP contribution in [0.25, 0.3) is 0 Å². The highest BCUT2D eigenvalue weighted by Crippen LogP contribution is 2.22. The van der Waals surface area contributed by atoms with Crippen LogP contribution in [-0.4, -0.2) is 63.2 Å². The lowest BCUT2D eigenvalue weighted by atomic mass is 9.50. The number of aliphatic hydroxyl groups excluding tert-OH is 2. The topological polar surface area (TPSA) is 58.9 Å². The summed E-state index contributed by atoms with van der Waals surface area (Å²) in [6.45, 7) is -0.181. The van der Waals surface area contributed by atoms with Crippen LogP contribution in [0.15, 0.2) is 0 Å². The summed E-state index contributed by atoms with van der Waals surface area (Å²) in [4.78, 5) is 0. The maximum atomic E-state index is 9.48. The Kier molecular flexibility index (Phi) is 3.58. The minimum atomic E-state index is -0.794. The summed E-state index contributed by atoms with van der Waals surface area (Å²) >= 11 is 0. The molecular weight excluding hydrogens is 158 g/mol. The van der Waals surface area contributed by atoms with Crippen molar-refractivity contribution in [1.29, 1.82) is 0 Å². The van der Waals surface area contributed by atoms with Gasteiger partial charge in [0.15, 0.2) is 0 Å². The second-order valence-electron chi connectivity index (χ2n) is 2.71. The molecule has 1 heterocycles. The third kappa shape index (κ3) is 1.66. The fourth-order valence-electron chi connectivity index (χ4n) is 1.36. The average Bonchev–Trinajstić information content (AvgIpc) is 2.41. The third-order valence-electron chi connectivity index (χ3n) is 2.01. The number of hydrogen-bond donors (Lipinski definition) is 2. The molecule has 65 valence electrons. The van der Waals surface area contributed by atoms with E-state index in [9.17, 15) is 5.11 Å². The second-order valence-corrected chi connectivity index (χ2v) is 2.71. The molecule has 0 aromatic carbocycles. The van der Waals surface area contributed by atoms with Crippen LogP contribution in [0, 0.1) is 0 Å². The zero-order chi connectivity index (χ0) is 9.14. The minimum absolute atomic E-state index is 0.181. The van der Waals surface area contributed by atoms with Crippen LogP contribution in [0.5, 0.6) is 0 Å². The normalized spacial score (nSPS) is 41.6. The first-order chi connectivity index (χ1) is 5.74. The van der Waals surface area contributed by atoms with Crippen LogP contribution >= 0.6 is 0 Å². The fourth-order valence-corrected chi connectivity index (χ4v) is 1.36. The van der Waals surface area contributed by atoms with Gasteiger partial charge in [0.25, 0.3) is 0 Å². The highest BCUT2D eigenvalue weighted by molar-refractivity contribution is 6.90. The number of rotatable bonds is 3. The van der Waals surface area contributed by atoms with Gasteiger partial charge in [-0.1, -0.05) is 0 Å². The van der Waals surface area contributed by atoms with Gasteiger partial charge in [0.2, 0.25) is 0 Å². The molecule has 0 spiro atoms. The predicted molar refractivity (Wildman–Crippen MR) is 44.1 cm³/mol. The van der Waals surface area contributed by atoms with Crippen molar-refractivity contribution in [1.82, 2.24) is 0 Å². The first-order valence-corrected chi connectivity index (χ1v) is 3.76. The Hall–Kier alpha value is -0.0301. The quantitative estimate of drug-likeness (QED) is 0.473. The van der Waals surface area contributed by atoms with Gasteiger partial charge in [-0.05, 0) is 0 Å². The van der Waals surface area contributed by atoms with Gasteiger partial charge >= 0.3 is 0 Å². The van der Waals surface area contributed by atoms with E-state index in [1.165, 1.54) is 14.3 Å². The van der Waals surface area contributed by atoms with Gasteiger partial charge in [0.1, 0.15) is 18.3 Å². The third-order valence-corrected chi connectivity index (χ3v) is 2.01. The maximum Gasteiger partial charge on any atom is 0.113 e. The molecule has 3 radical (unpaired) electrons. The molecule has 0 aliphatic carbocycles. The molecule has 4 atom stereocenters. The van der Waals surface area contributed by atoms with Gasteiger partial charge in [-0.15, -0.1) is 0 Å². The fraction of sp³-hybridized carbons (Fsp3) is 1.00. The Bertz CT molecular complexity index is 144. The summed E-state index contributed by atoms with van der Waals surface area (Å²) in [6, 6.07) is -0.549. The number of hydrogen-bond acceptors (Lipinski definition) is 4. The van der Waals surface area contributed by atoms with E-state index in [4.69, 9.17) is 22.3 Å². The van der Waals surface area contributed by atoms with Crippen molar-refractivity contribution < 1.29 is 19.7 Å². The van der Waals surface area contributed by atoms with E-state index in [0.29, 0.717) is 0 Å². The number of methoxy groups -OCH3 is 1. The SMILES string of the molecule is [B][B][C@@H]1O[C@H](CO)[C@H](OC)C1O. The molecular formula is C6H11B2O4. The molecule has 0 aromatic rings. The second kappa shape index (κ2) is 4.28. The van der Waals surface area contributed by atoms with E-state index in [1.54, 1.807) is 0 Å². The van der Waals surface area contributed by atoms with Crippen LogP contribution in [0.4, 0.5) is 0 Å². The minimum Gasteiger partial charge on any atom is -0.394 e. The lowest BCUT2D eigenvalue weighted by Gasteiger charge is -2.16. The van der Waals surface area contributed by atoms with Gasteiger partial charge in [-0.3, -0.25) is 0 Å². The van der Waals surface area contributed by atoms with E-state index in [2.05, 4.69) is 0 Å². The first kappa shape index (κ1) is 10.1. The molecule has 1 aliphatic heterocycles. The molecule has 1 rings (SSSR count). The Labute approximate surface area is 73.5 Å². The zero-order valence-corrected chi connectivity index (χ0v) is 6.88. The molecule has 0 aromatic heterocycles. The Morgan fingerprint density at radius 3 is 2.67 bits per heavy atom. The van der Waals surface area contributed by atoms with E-state index in [1.807, 2.05) is 0 Å². The summed E-state index contributed by atoms with van der Waals surface area (Å²) in [6.07, 6.45) is -1.79. The van der Waals surface area contributed by atoms with Crippen molar-refractivity contribution in [3.8, 4) is 0 Å². The maximum absolute atomic E-state index is 9.48. The number of ether oxygens (including phenoxy) is 2. The van der Waals surface area contributed by atoms with Crippen LogP contribution in [0.1, 0.15) is 0 Å². The van der Waals surface area contributed by atoms with Crippen molar-refractivity contribution in [3.05, 3.63) is 0 Å². The van der Waals surface area contributed by atoms with Crippen molar-refractivity contribution in [2.24, 2.45) is 0 Å². The number of aliphatic hydroxyl groups is 2. The van der Waals surface area contributed by atoms with Gasteiger partial charge in [-0.2, -0.15) is 0 Å². The van der Waals surface area contributed by atoms with Gasteiger partial charge in [-0.25, -0.2) is 0 Å². The molecule has 12 heavy (non-hydrogen) atoms. The van der Waals surface area contributed by atoms with Crippen molar-refractivity contribution in [2.75, 3.05) is 13.7 Å².